The second-order valence-corrected chi connectivity index (χ2v) is 5.75. The maximum absolute atomic E-state index is 11.9. The molecule has 130 valence electrons. The third-order valence-corrected chi connectivity index (χ3v) is 3.42. The molecule has 0 radical (unpaired) electrons. The highest BCUT2D eigenvalue weighted by molar-refractivity contribution is 5.95. The number of aryl methyl sites for hydroxylation is 1. The molecule has 0 saturated carbocycles. The topological polar surface area (TPSA) is 87.3 Å². The fourth-order valence-corrected chi connectivity index (χ4v) is 2.18. The zero-order chi connectivity index (χ0) is 18.2. The lowest BCUT2D eigenvalue weighted by Crippen LogP contribution is -2.33. The van der Waals surface area contributed by atoms with Crippen molar-refractivity contribution in [2.45, 2.75) is 20.3 Å². The summed E-state index contributed by atoms with van der Waals surface area (Å²) in [5, 5.41) is 7.92. The second-order valence-electron chi connectivity index (χ2n) is 5.75. The minimum Gasteiger partial charge on any atom is -0.347 e. The molecule has 3 N–H and O–H groups in total. The number of carbonyl (C=O) groups is 3. The monoisotopic (exact) mass is 339 g/mol. The van der Waals surface area contributed by atoms with Crippen molar-refractivity contribution < 1.29 is 14.4 Å². The van der Waals surface area contributed by atoms with E-state index in [1.807, 2.05) is 31.2 Å². The normalized spacial score (nSPS) is 10.0. The predicted octanol–water partition coefficient (Wildman–Crippen LogP) is 2.25. The highest BCUT2D eigenvalue weighted by Crippen LogP contribution is 2.13. The van der Waals surface area contributed by atoms with Crippen LogP contribution in [0.3, 0.4) is 0 Å². The largest absolute Gasteiger partial charge is 0.347 e. The maximum atomic E-state index is 11.9. The highest BCUT2D eigenvalue weighted by atomic mass is 16.2. The summed E-state index contributed by atoms with van der Waals surface area (Å²) in [4.78, 5) is 34.7. The molecule has 0 aliphatic carbocycles. The van der Waals surface area contributed by atoms with Crippen molar-refractivity contribution in [2.24, 2.45) is 0 Å². The minimum atomic E-state index is -0.315. The van der Waals surface area contributed by atoms with E-state index in [4.69, 9.17) is 0 Å². The fraction of sp³-hybridized carbons (Fsp3) is 0.211. The van der Waals surface area contributed by atoms with Gasteiger partial charge in [-0.1, -0.05) is 29.8 Å². The molecule has 0 bridgehead atoms. The summed E-state index contributed by atoms with van der Waals surface area (Å²) >= 11 is 0. The van der Waals surface area contributed by atoms with Gasteiger partial charge in [0.2, 0.25) is 17.7 Å². The first-order valence-electron chi connectivity index (χ1n) is 7.92. The molecule has 0 aromatic heterocycles. The summed E-state index contributed by atoms with van der Waals surface area (Å²) in [5.41, 5.74) is 3.27. The quantitative estimate of drug-likeness (QED) is 0.754. The Morgan fingerprint density at radius 1 is 0.800 bits per heavy atom. The van der Waals surface area contributed by atoms with Crippen LogP contribution in [0, 0.1) is 6.92 Å². The number of carbonyl (C=O) groups excluding carboxylic acids is 3. The van der Waals surface area contributed by atoms with Crippen LogP contribution in [0.15, 0.2) is 48.5 Å². The highest BCUT2D eigenvalue weighted by Gasteiger charge is 2.07. The van der Waals surface area contributed by atoms with Crippen molar-refractivity contribution in [2.75, 3.05) is 17.2 Å². The lowest BCUT2D eigenvalue weighted by atomic mass is 10.1. The molecule has 0 aliphatic heterocycles. The Kier molecular flexibility index (Phi) is 6.28. The molecule has 2 aromatic carbocycles. The zero-order valence-corrected chi connectivity index (χ0v) is 14.3. The lowest BCUT2D eigenvalue weighted by molar-refractivity contribution is -0.123. The van der Waals surface area contributed by atoms with Gasteiger partial charge in [0, 0.05) is 18.3 Å². The number of nitrogens with one attached hydrogen (secondary N) is 3. The molecule has 0 saturated heterocycles. The maximum Gasteiger partial charge on any atom is 0.243 e. The summed E-state index contributed by atoms with van der Waals surface area (Å²) in [6, 6.07) is 14.4. The van der Waals surface area contributed by atoms with Crippen LogP contribution >= 0.6 is 0 Å². The van der Waals surface area contributed by atoms with Gasteiger partial charge in [-0.3, -0.25) is 14.4 Å². The number of rotatable bonds is 6. The van der Waals surface area contributed by atoms with Gasteiger partial charge in [0.1, 0.15) is 0 Å². The van der Waals surface area contributed by atoms with E-state index in [2.05, 4.69) is 16.0 Å². The van der Waals surface area contributed by atoms with E-state index in [0.717, 1.165) is 11.1 Å². The first kappa shape index (κ1) is 18.2. The van der Waals surface area contributed by atoms with Crippen molar-refractivity contribution in [1.82, 2.24) is 5.32 Å². The van der Waals surface area contributed by atoms with Gasteiger partial charge in [-0.05, 0) is 36.8 Å². The number of amides is 3. The van der Waals surface area contributed by atoms with E-state index in [1.165, 1.54) is 6.92 Å². The van der Waals surface area contributed by atoms with Gasteiger partial charge < -0.3 is 16.0 Å². The smallest absolute Gasteiger partial charge is 0.243 e. The van der Waals surface area contributed by atoms with Crippen molar-refractivity contribution in [3.63, 3.8) is 0 Å². The van der Waals surface area contributed by atoms with Crippen molar-refractivity contribution >= 4 is 29.1 Å². The van der Waals surface area contributed by atoms with Gasteiger partial charge in [0.25, 0.3) is 0 Å². The molecule has 6 heteroatoms. The van der Waals surface area contributed by atoms with Crippen LogP contribution in [-0.4, -0.2) is 24.3 Å². The molecule has 0 aliphatic rings. The summed E-state index contributed by atoms with van der Waals surface area (Å²) in [6.07, 6.45) is 0.235. The molecule has 3 amide bonds. The number of anilines is 2. The first-order chi connectivity index (χ1) is 11.9. The number of hydrogen-bond donors (Lipinski definition) is 3. The summed E-state index contributed by atoms with van der Waals surface area (Å²) in [6.45, 7) is 3.31. The van der Waals surface area contributed by atoms with Crippen molar-refractivity contribution in [3.05, 3.63) is 59.7 Å². The average Bonchev–Trinajstić information content (AvgIpc) is 2.56. The van der Waals surface area contributed by atoms with Gasteiger partial charge >= 0.3 is 0 Å². The zero-order valence-electron chi connectivity index (χ0n) is 14.3. The van der Waals surface area contributed by atoms with Crippen LogP contribution in [-0.2, 0) is 20.8 Å². The van der Waals surface area contributed by atoms with Gasteiger partial charge in [-0.25, -0.2) is 0 Å². The molecule has 2 aromatic rings. The second kappa shape index (κ2) is 8.63. The summed E-state index contributed by atoms with van der Waals surface area (Å²) in [7, 11) is 0. The molecular formula is C19H21N3O3. The predicted molar refractivity (Wildman–Crippen MR) is 97.3 cm³/mol. The molecule has 0 fully saturated rings. The van der Waals surface area contributed by atoms with E-state index in [-0.39, 0.29) is 30.7 Å². The van der Waals surface area contributed by atoms with E-state index in [1.54, 1.807) is 24.3 Å². The summed E-state index contributed by atoms with van der Waals surface area (Å²) in [5.74, 6) is -0.683. The molecule has 2 rings (SSSR count). The Bertz CT molecular complexity index is 752. The SMILES string of the molecule is CC(=O)Nc1ccc(NC(=O)CNC(=O)Cc2ccc(C)cc2)cc1. The van der Waals surface area contributed by atoms with E-state index in [0.29, 0.717) is 11.4 Å². The molecule has 0 atom stereocenters. The van der Waals surface area contributed by atoms with Crippen LogP contribution in [0.4, 0.5) is 11.4 Å². The van der Waals surface area contributed by atoms with Crippen LogP contribution in [0.1, 0.15) is 18.1 Å². The first-order valence-corrected chi connectivity index (χ1v) is 7.92. The Morgan fingerprint density at radius 3 is 1.92 bits per heavy atom. The van der Waals surface area contributed by atoms with Crippen LogP contribution in [0.25, 0.3) is 0 Å². The third-order valence-electron chi connectivity index (χ3n) is 3.42. The molecule has 0 spiro atoms. The molecule has 25 heavy (non-hydrogen) atoms. The number of benzene rings is 2. The van der Waals surface area contributed by atoms with Crippen LogP contribution < -0.4 is 16.0 Å². The minimum absolute atomic E-state index is 0.0991. The third kappa shape index (κ3) is 6.47. The van der Waals surface area contributed by atoms with Gasteiger partial charge in [-0.15, -0.1) is 0 Å². The number of hydrogen-bond acceptors (Lipinski definition) is 3. The lowest BCUT2D eigenvalue weighted by Gasteiger charge is -2.08. The fourth-order valence-electron chi connectivity index (χ4n) is 2.18. The van der Waals surface area contributed by atoms with E-state index in [9.17, 15) is 14.4 Å². The van der Waals surface area contributed by atoms with Gasteiger partial charge in [0.15, 0.2) is 0 Å². The van der Waals surface area contributed by atoms with Crippen molar-refractivity contribution in [1.29, 1.82) is 0 Å². The van der Waals surface area contributed by atoms with Gasteiger partial charge in [-0.2, -0.15) is 0 Å². The average molecular weight is 339 g/mol. The van der Waals surface area contributed by atoms with E-state index < -0.39 is 0 Å². The Morgan fingerprint density at radius 2 is 1.36 bits per heavy atom. The Balaban J connectivity index is 1.77. The van der Waals surface area contributed by atoms with Gasteiger partial charge in [0.05, 0.1) is 13.0 Å². The van der Waals surface area contributed by atoms with Crippen molar-refractivity contribution in [3.8, 4) is 0 Å². The molecule has 0 unspecified atom stereocenters. The standard InChI is InChI=1S/C19H21N3O3/c1-13-3-5-15(6-4-13)11-18(24)20-12-19(25)22-17-9-7-16(8-10-17)21-14(2)23/h3-10H,11-12H2,1-2H3,(H,20,24)(H,21,23)(H,22,25). The van der Waals surface area contributed by atoms with E-state index >= 15 is 0 Å². The molecule has 6 nitrogen and oxygen atoms in total. The van der Waals surface area contributed by atoms with Crippen LogP contribution in [0.5, 0.6) is 0 Å². The Hall–Kier alpha value is -3.15. The van der Waals surface area contributed by atoms with Crippen LogP contribution in [0.2, 0.25) is 0 Å². The Labute approximate surface area is 146 Å². The molecule has 0 heterocycles. The summed E-state index contributed by atoms with van der Waals surface area (Å²) < 4.78 is 0. The molecular weight excluding hydrogens is 318 g/mol.